The first-order valence-corrected chi connectivity index (χ1v) is 4.30. The molecule has 86 valence electrons. The molecule has 0 aliphatic rings. The number of phenolic OH excluding ortho intramolecular Hbond substituents is 1. The molecular formula is C10H16ClNO3. The summed E-state index contributed by atoms with van der Waals surface area (Å²) in [5, 5.41) is 9.36. The van der Waals surface area contributed by atoms with Crippen molar-refractivity contribution in [1.29, 1.82) is 0 Å². The van der Waals surface area contributed by atoms with E-state index in [0.29, 0.717) is 11.5 Å². The van der Waals surface area contributed by atoms with Crippen LogP contribution in [0, 0.1) is 0 Å². The van der Waals surface area contributed by atoms with Gasteiger partial charge in [0.1, 0.15) is 17.2 Å². The van der Waals surface area contributed by atoms with Gasteiger partial charge in [0.2, 0.25) is 0 Å². The maximum atomic E-state index is 9.36. The Hall–Kier alpha value is -1.13. The van der Waals surface area contributed by atoms with Crippen LogP contribution in [0.15, 0.2) is 12.1 Å². The lowest BCUT2D eigenvalue weighted by Crippen LogP contribution is -2.08. The molecule has 0 amide bonds. The zero-order chi connectivity index (χ0) is 10.7. The molecule has 0 fully saturated rings. The van der Waals surface area contributed by atoms with E-state index in [1.165, 1.54) is 26.4 Å². The van der Waals surface area contributed by atoms with Gasteiger partial charge in [0, 0.05) is 18.2 Å². The number of aromatic hydroxyl groups is 1. The first-order chi connectivity index (χ1) is 6.60. The van der Waals surface area contributed by atoms with Crippen molar-refractivity contribution in [2.45, 2.75) is 13.0 Å². The quantitative estimate of drug-likeness (QED) is 0.836. The summed E-state index contributed by atoms with van der Waals surface area (Å²) < 4.78 is 10.2. The van der Waals surface area contributed by atoms with E-state index in [9.17, 15) is 5.11 Å². The average Bonchev–Trinajstić information content (AvgIpc) is 2.15. The molecule has 0 saturated heterocycles. The third kappa shape index (κ3) is 2.91. The van der Waals surface area contributed by atoms with Gasteiger partial charge in [-0.05, 0) is 6.92 Å². The normalized spacial score (nSPS) is 11.5. The predicted molar refractivity (Wildman–Crippen MR) is 61.1 cm³/mol. The fourth-order valence-electron chi connectivity index (χ4n) is 1.37. The third-order valence-electron chi connectivity index (χ3n) is 1.98. The summed E-state index contributed by atoms with van der Waals surface area (Å²) in [6, 6.07) is 2.82. The SMILES string of the molecule is COc1cc(O)cc(OC)c1[C@H](C)N.Cl. The second-order valence-corrected chi connectivity index (χ2v) is 3.05. The van der Waals surface area contributed by atoms with Crippen LogP contribution in [0.25, 0.3) is 0 Å². The van der Waals surface area contributed by atoms with Crippen molar-refractivity contribution in [2.24, 2.45) is 5.73 Å². The largest absolute Gasteiger partial charge is 0.508 e. The van der Waals surface area contributed by atoms with Crippen molar-refractivity contribution in [3.63, 3.8) is 0 Å². The first kappa shape index (κ1) is 13.9. The number of ether oxygens (including phenoxy) is 2. The fraction of sp³-hybridized carbons (Fsp3) is 0.400. The van der Waals surface area contributed by atoms with Gasteiger partial charge in [-0.1, -0.05) is 0 Å². The van der Waals surface area contributed by atoms with Crippen LogP contribution < -0.4 is 15.2 Å². The summed E-state index contributed by atoms with van der Waals surface area (Å²) in [5.41, 5.74) is 6.53. The molecule has 0 radical (unpaired) electrons. The van der Waals surface area contributed by atoms with Gasteiger partial charge >= 0.3 is 0 Å². The molecule has 0 bridgehead atoms. The summed E-state index contributed by atoms with van der Waals surface area (Å²) in [5.74, 6) is 1.18. The monoisotopic (exact) mass is 233 g/mol. The molecule has 1 aromatic carbocycles. The Bertz CT molecular complexity index is 303. The number of benzene rings is 1. The zero-order valence-electron chi connectivity index (χ0n) is 8.98. The van der Waals surface area contributed by atoms with Crippen molar-refractivity contribution in [3.05, 3.63) is 17.7 Å². The van der Waals surface area contributed by atoms with Crippen molar-refractivity contribution in [1.82, 2.24) is 0 Å². The van der Waals surface area contributed by atoms with Crippen molar-refractivity contribution in [2.75, 3.05) is 14.2 Å². The van der Waals surface area contributed by atoms with E-state index in [2.05, 4.69) is 0 Å². The molecule has 3 N–H and O–H groups in total. The van der Waals surface area contributed by atoms with Crippen LogP contribution in [0.2, 0.25) is 0 Å². The van der Waals surface area contributed by atoms with Crippen LogP contribution in [0.3, 0.4) is 0 Å². The highest BCUT2D eigenvalue weighted by Crippen LogP contribution is 2.36. The number of halogens is 1. The predicted octanol–water partition coefficient (Wildman–Crippen LogP) is 1.85. The average molecular weight is 234 g/mol. The van der Waals surface area contributed by atoms with Crippen LogP contribution >= 0.6 is 12.4 Å². The molecular weight excluding hydrogens is 218 g/mol. The number of hydrogen-bond donors (Lipinski definition) is 2. The van der Waals surface area contributed by atoms with Gasteiger partial charge in [0.05, 0.1) is 19.8 Å². The summed E-state index contributed by atoms with van der Waals surface area (Å²) >= 11 is 0. The smallest absolute Gasteiger partial charge is 0.131 e. The van der Waals surface area contributed by atoms with Crippen molar-refractivity contribution < 1.29 is 14.6 Å². The molecule has 1 atom stereocenters. The Morgan fingerprint density at radius 3 is 1.87 bits per heavy atom. The minimum Gasteiger partial charge on any atom is -0.508 e. The molecule has 1 rings (SSSR count). The number of rotatable bonds is 3. The number of methoxy groups -OCH3 is 2. The number of hydrogen-bond acceptors (Lipinski definition) is 4. The van der Waals surface area contributed by atoms with E-state index < -0.39 is 0 Å². The lowest BCUT2D eigenvalue weighted by Gasteiger charge is -2.16. The van der Waals surface area contributed by atoms with E-state index in [4.69, 9.17) is 15.2 Å². The third-order valence-corrected chi connectivity index (χ3v) is 1.98. The zero-order valence-corrected chi connectivity index (χ0v) is 9.80. The second-order valence-electron chi connectivity index (χ2n) is 3.05. The van der Waals surface area contributed by atoms with Crippen LogP contribution in [-0.4, -0.2) is 19.3 Å². The van der Waals surface area contributed by atoms with Gasteiger partial charge in [-0.15, -0.1) is 12.4 Å². The van der Waals surface area contributed by atoms with Gasteiger partial charge < -0.3 is 20.3 Å². The molecule has 0 aliphatic heterocycles. The fourth-order valence-corrected chi connectivity index (χ4v) is 1.37. The Morgan fingerprint density at radius 2 is 1.60 bits per heavy atom. The van der Waals surface area contributed by atoms with Crippen LogP contribution in [0.5, 0.6) is 17.2 Å². The minimum absolute atomic E-state index is 0. The molecule has 0 unspecified atom stereocenters. The van der Waals surface area contributed by atoms with Crippen LogP contribution in [-0.2, 0) is 0 Å². The van der Waals surface area contributed by atoms with Crippen molar-refractivity contribution >= 4 is 12.4 Å². The summed E-state index contributed by atoms with van der Waals surface area (Å²) in [6.07, 6.45) is 0. The first-order valence-electron chi connectivity index (χ1n) is 4.30. The topological polar surface area (TPSA) is 64.7 Å². The van der Waals surface area contributed by atoms with E-state index in [1.54, 1.807) is 0 Å². The number of phenols is 1. The van der Waals surface area contributed by atoms with E-state index in [-0.39, 0.29) is 24.2 Å². The second kappa shape index (κ2) is 5.68. The van der Waals surface area contributed by atoms with Gasteiger partial charge in [-0.3, -0.25) is 0 Å². The molecule has 0 aliphatic carbocycles. The van der Waals surface area contributed by atoms with Crippen molar-refractivity contribution in [3.8, 4) is 17.2 Å². The number of nitrogens with two attached hydrogens (primary N) is 1. The van der Waals surface area contributed by atoms with Crippen LogP contribution in [0.4, 0.5) is 0 Å². The maximum Gasteiger partial charge on any atom is 0.131 e. The molecule has 0 spiro atoms. The summed E-state index contributed by atoms with van der Waals surface area (Å²) in [7, 11) is 3.06. The molecule has 5 heteroatoms. The molecule has 0 heterocycles. The lowest BCUT2D eigenvalue weighted by molar-refractivity contribution is 0.372. The Morgan fingerprint density at radius 1 is 1.20 bits per heavy atom. The van der Waals surface area contributed by atoms with Gasteiger partial charge in [0.15, 0.2) is 0 Å². The standard InChI is InChI=1S/C10H15NO3.ClH/c1-6(11)10-8(13-2)4-7(12)5-9(10)14-3;/h4-6,12H,11H2,1-3H3;1H/t6-;/m0./s1. The van der Waals surface area contributed by atoms with Gasteiger partial charge in [0.25, 0.3) is 0 Å². The maximum absolute atomic E-state index is 9.36. The Labute approximate surface area is 95.4 Å². The highest BCUT2D eigenvalue weighted by Gasteiger charge is 2.15. The highest BCUT2D eigenvalue weighted by atomic mass is 35.5. The molecule has 0 aromatic heterocycles. The molecule has 0 saturated carbocycles. The Balaban J connectivity index is 0.00000196. The highest BCUT2D eigenvalue weighted by molar-refractivity contribution is 5.85. The van der Waals surface area contributed by atoms with E-state index in [1.807, 2.05) is 6.92 Å². The van der Waals surface area contributed by atoms with E-state index >= 15 is 0 Å². The lowest BCUT2D eigenvalue weighted by atomic mass is 10.1. The Kier molecular flexibility index (Phi) is 5.25. The minimum atomic E-state index is -0.208. The van der Waals surface area contributed by atoms with Gasteiger partial charge in [-0.25, -0.2) is 0 Å². The van der Waals surface area contributed by atoms with Crippen LogP contribution in [0.1, 0.15) is 18.5 Å². The summed E-state index contributed by atoms with van der Waals surface area (Å²) in [6.45, 7) is 1.83. The van der Waals surface area contributed by atoms with Gasteiger partial charge in [-0.2, -0.15) is 0 Å². The van der Waals surface area contributed by atoms with E-state index in [0.717, 1.165) is 5.56 Å². The molecule has 15 heavy (non-hydrogen) atoms. The summed E-state index contributed by atoms with van der Waals surface area (Å²) in [4.78, 5) is 0. The molecule has 1 aromatic rings. The molecule has 4 nitrogen and oxygen atoms in total.